The molecular formula is C14H18N2O2. The molecule has 0 bridgehead atoms. The zero-order valence-corrected chi connectivity index (χ0v) is 10.8. The van der Waals surface area contributed by atoms with Gasteiger partial charge in [-0.2, -0.15) is 5.26 Å². The Labute approximate surface area is 108 Å². The molecule has 1 N–H and O–H groups in total. The van der Waals surface area contributed by atoms with Crippen molar-refractivity contribution in [3.63, 3.8) is 0 Å². The fourth-order valence-electron chi connectivity index (χ4n) is 2.49. The van der Waals surface area contributed by atoms with Crippen molar-refractivity contribution in [3.05, 3.63) is 23.3 Å². The molecule has 2 rings (SSSR count). The Balaban J connectivity index is 2.45. The Hall–Kier alpha value is -1.73. The summed E-state index contributed by atoms with van der Waals surface area (Å²) in [5, 5.41) is 12.4. The van der Waals surface area contributed by atoms with Crippen molar-refractivity contribution in [2.75, 3.05) is 27.3 Å². The number of ether oxygens (including phenoxy) is 2. The fraction of sp³-hybridized carbons (Fsp3) is 0.500. The van der Waals surface area contributed by atoms with E-state index in [4.69, 9.17) is 14.7 Å². The molecule has 0 spiro atoms. The minimum Gasteiger partial charge on any atom is -0.493 e. The van der Waals surface area contributed by atoms with Gasteiger partial charge >= 0.3 is 0 Å². The van der Waals surface area contributed by atoms with E-state index < -0.39 is 0 Å². The molecule has 4 heteroatoms. The number of hydrogen-bond donors (Lipinski definition) is 1. The van der Waals surface area contributed by atoms with Gasteiger partial charge in [-0.25, -0.2) is 0 Å². The monoisotopic (exact) mass is 246 g/mol. The minimum absolute atomic E-state index is 0.434. The van der Waals surface area contributed by atoms with E-state index >= 15 is 0 Å². The molecular weight excluding hydrogens is 228 g/mol. The lowest BCUT2D eigenvalue weighted by Gasteiger charge is -2.25. The molecule has 0 atom stereocenters. The highest BCUT2D eigenvalue weighted by Gasteiger charge is 2.22. The molecule has 0 unspecified atom stereocenters. The van der Waals surface area contributed by atoms with Gasteiger partial charge in [0.25, 0.3) is 0 Å². The number of hydrogen-bond acceptors (Lipinski definition) is 4. The van der Waals surface area contributed by atoms with Gasteiger partial charge in [0, 0.05) is 11.6 Å². The molecule has 1 aromatic carbocycles. The van der Waals surface area contributed by atoms with Crippen molar-refractivity contribution in [2.45, 2.75) is 18.8 Å². The van der Waals surface area contributed by atoms with Crippen LogP contribution >= 0.6 is 0 Å². The van der Waals surface area contributed by atoms with Gasteiger partial charge in [0.15, 0.2) is 11.5 Å². The first-order valence-electron chi connectivity index (χ1n) is 6.17. The van der Waals surface area contributed by atoms with Gasteiger partial charge in [-0.3, -0.25) is 0 Å². The number of piperidine rings is 1. The topological polar surface area (TPSA) is 54.3 Å². The van der Waals surface area contributed by atoms with Crippen molar-refractivity contribution < 1.29 is 9.47 Å². The first kappa shape index (κ1) is 12.7. The number of nitrogens with one attached hydrogen (secondary N) is 1. The van der Waals surface area contributed by atoms with Gasteiger partial charge < -0.3 is 14.8 Å². The van der Waals surface area contributed by atoms with E-state index in [2.05, 4.69) is 11.4 Å². The summed E-state index contributed by atoms with van der Waals surface area (Å²) in [5.41, 5.74) is 1.72. The summed E-state index contributed by atoms with van der Waals surface area (Å²) in [7, 11) is 3.25. The molecule has 0 saturated carbocycles. The number of benzene rings is 1. The number of nitrogens with zero attached hydrogens (tertiary/aromatic N) is 1. The molecule has 1 aliphatic rings. The summed E-state index contributed by atoms with van der Waals surface area (Å²) in [5.74, 6) is 1.84. The van der Waals surface area contributed by atoms with Crippen LogP contribution in [0.5, 0.6) is 11.5 Å². The highest BCUT2D eigenvalue weighted by molar-refractivity contribution is 5.54. The predicted molar refractivity (Wildman–Crippen MR) is 69.1 cm³/mol. The van der Waals surface area contributed by atoms with Crippen LogP contribution in [0.3, 0.4) is 0 Å². The van der Waals surface area contributed by atoms with E-state index in [0.29, 0.717) is 17.2 Å². The Bertz CT molecular complexity index is 460. The highest BCUT2D eigenvalue weighted by Crippen LogP contribution is 2.39. The lowest BCUT2D eigenvalue weighted by molar-refractivity contribution is 0.344. The summed E-state index contributed by atoms with van der Waals surface area (Å²) in [4.78, 5) is 0. The lowest BCUT2D eigenvalue weighted by Crippen LogP contribution is -2.26. The van der Waals surface area contributed by atoms with Crippen LogP contribution < -0.4 is 14.8 Å². The van der Waals surface area contributed by atoms with E-state index in [0.717, 1.165) is 37.2 Å². The van der Waals surface area contributed by atoms with Crippen molar-refractivity contribution >= 4 is 0 Å². The summed E-state index contributed by atoms with van der Waals surface area (Å²) < 4.78 is 10.8. The molecule has 96 valence electrons. The van der Waals surface area contributed by atoms with Gasteiger partial charge in [-0.15, -0.1) is 0 Å². The van der Waals surface area contributed by atoms with E-state index in [9.17, 15) is 0 Å². The van der Waals surface area contributed by atoms with Crippen molar-refractivity contribution in [3.8, 4) is 17.6 Å². The van der Waals surface area contributed by atoms with E-state index in [1.54, 1.807) is 20.3 Å². The first-order chi connectivity index (χ1) is 8.80. The van der Waals surface area contributed by atoms with Crippen LogP contribution in [0, 0.1) is 11.3 Å². The van der Waals surface area contributed by atoms with Crippen LogP contribution in [0.4, 0.5) is 0 Å². The molecule has 0 amide bonds. The molecule has 18 heavy (non-hydrogen) atoms. The van der Waals surface area contributed by atoms with Crippen LogP contribution in [0.2, 0.25) is 0 Å². The Morgan fingerprint density at radius 3 is 2.50 bits per heavy atom. The lowest BCUT2D eigenvalue weighted by atomic mass is 9.88. The van der Waals surface area contributed by atoms with Crippen LogP contribution in [0.25, 0.3) is 0 Å². The largest absolute Gasteiger partial charge is 0.493 e. The number of rotatable bonds is 3. The molecule has 4 nitrogen and oxygen atoms in total. The van der Waals surface area contributed by atoms with Gasteiger partial charge in [0.1, 0.15) is 0 Å². The zero-order valence-electron chi connectivity index (χ0n) is 10.8. The SMILES string of the molecule is COc1cc(C#N)cc(C2CCNCC2)c1OC. The molecule has 1 aromatic rings. The van der Waals surface area contributed by atoms with E-state index in [-0.39, 0.29) is 0 Å². The van der Waals surface area contributed by atoms with E-state index in [1.165, 1.54) is 0 Å². The predicted octanol–water partition coefficient (Wildman–Crippen LogP) is 2.04. The third-order valence-electron chi connectivity index (χ3n) is 3.42. The molecule has 1 heterocycles. The van der Waals surface area contributed by atoms with Crippen molar-refractivity contribution in [1.82, 2.24) is 5.32 Å². The third-order valence-corrected chi connectivity index (χ3v) is 3.42. The quantitative estimate of drug-likeness (QED) is 0.886. The average Bonchev–Trinajstić information content (AvgIpc) is 2.46. The molecule has 0 aromatic heterocycles. The normalized spacial score (nSPS) is 16.1. The summed E-state index contributed by atoms with van der Waals surface area (Å²) in [6.45, 7) is 2.01. The second-order valence-electron chi connectivity index (χ2n) is 4.44. The summed E-state index contributed by atoms with van der Waals surface area (Å²) >= 11 is 0. The van der Waals surface area contributed by atoms with Crippen molar-refractivity contribution in [1.29, 1.82) is 5.26 Å². The van der Waals surface area contributed by atoms with Crippen LogP contribution in [-0.2, 0) is 0 Å². The van der Waals surface area contributed by atoms with Crippen molar-refractivity contribution in [2.24, 2.45) is 0 Å². The Morgan fingerprint density at radius 1 is 1.22 bits per heavy atom. The van der Waals surface area contributed by atoms with Crippen LogP contribution in [0.1, 0.15) is 29.9 Å². The second-order valence-corrected chi connectivity index (χ2v) is 4.44. The minimum atomic E-state index is 0.434. The maximum absolute atomic E-state index is 9.09. The smallest absolute Gasteiger partial charge is 0.164 e. The number of methoxy groups -OCH3 is 2. The summed E-state index contributed by atoms with van der Waals surface area (Å²) in [6.07, 6.45) is 2.13. The maximum Gasteiger partial charge on any atom is 0.164 e. The standard InChI is InChI=1S/C14H18N2O2/c1-17-13-8-10(9-15)7-12(14(13)18-2)11-3-5-16-6-4-11/h7-8,11,16H,3-6H2,1-2H3. The van der Waals surface area contributed by atoms with Crippen LogP contribution in [-0.4, -0.2) is 27.3 Å². The number of nitriles is 1. The third kappa shape index (κ3) is 2.41. The molecule has 0 aliphatic carbocycles. The first-order valence-corrected chi connectivity index (χ1v) is 6.17. The highest BCUT2D eigenvalue weighted by atomic mass is 16.5. The average molecular weight is 246 g/mol. The molecule has 1 saturated heterocycles. The second kappa shape index (κ2) is 5.74. The Kier molecular flexibility index (Phi) is 4.06. The van der Waals surface area contributed by atoms with Gasteiger partial charge in [-0.1, -0.05) is 0 Å². The molecule has 1 fully saturated rings. The fourth-order valence-corrected chi connectivity index (χ4v) is 2.49. The summed E-state index contributed by atoms with van der Waals surface area (Å²) in [6, 6.07) is 5.83. The molecule has 1 aliphatic heterocycles. The van der Waals surface area contributed by atoms with Gasteiger partial charge in [0.2, 0.25) is 0 Å². The van der Waals surface area contributed by atoms with Crippen LogP contribution in [0.15, 0.2) is 12.1 Å². The molecule has 0 radical (unpaired) electrons. The van der Waals surface area contributed by atoms with Gasteiger partial charge in [0.05, 0.1) is 25.9 Å². The van der Waals surface area contributed by atoms with E-state index in [1.807, 2.05) is 6.07 Å². The zero-order chi connectivity index (χ0) is 13.0. The van der Waals surface area contributed by atoms with Gasteiger partial charge in [-0.05, 0) is 37.9 Å². The Morgan fingerprint density at radius 2 is 1.94 bits per heavy atom. The maximum atomic E-state index is 9.09.